The van der Waals surface area contributed by atoms with Crippen molar-refractivity contribution in [2.75, 3.05) is 0 Å². The largest absolute Gasteiger partial charge is 0.325 e. The summed E-state index contributed by atoms with van der Waals surface area (Å²) in [6.07, 6.45) is 2.27. The van der Waals surface area contributed by atoms with Gasteiger partial charge in [-0.2, -0.15) is 0 Å². The van der Waals surface area contributed by atoms with Gasteiger partial charge in [0.1, 0.15) is 0 Å². The molecule has 0 bridgehead atoms. The molecular formula is C12H15Cl2N. The Balaban J connectivity index is 2.43. The van der Waals surface area contributed by atoms with Gasteiger partial charge < -0.3 is 5.73 Å². The molecule has 15 heavy (non-hydrogen) atoms. The van der Waals surface area contributed by atoms with Crippen LogP contribution in [0.2, 0.25) is 10.0 Å². The fourth-order valence-electron chi connectivity index (χ4n) is 2.22. The lowest BCUT2D eigenvalue weighted by Gasteiger charge is -2.31. The van der Waals surface area contributed by atoms with Gasteiger partial charge in [-0.3, -0.25) is 0 Å². The molecule has 1 aliphatic rings. The number of nitrogens with two attached hydrogens (primary N) is 1. The first-order valence-corrected chi connectivity index (χ1v) is 5.87. The quantitative estimate of drug-likeness (QED) is 0.842. The molecule has 0 heterocycles. The third-order valence-corrected chi connectivity index (χ3v) is 4.19. The zero-order valence-corrected chi connectivity index (χ0v) is 10.5. The standard InChI is InChI=1S/C12H15Cl2N/c1-11(2,15)12(5-6-12)8-3-4-9(13)10(14)7-8/h3-4,7H,5-6,15H2,1-2H3. The predicted octanol–water partition coefficient (Wildman–Crippen LogP) is 3.76. The van der Waals surface area contributed by atoms with E-state index in [2.05, 4.69) is 13.8 Å². The predicted molar refractivity (Wildman–Crippen MR) is 65.6 cm³/mol. The molecule has 0 aliphatic heterocycles. The Morgan fingerprint density at radius 3 is 2.20 bits per heavy atom. The van der Waals surface area contributed by atoms with Crippen molar-refractivity contribution < 1.29 is 0 Å². The Morgan fingerprint density at radius 2 is 1.80 bits per heavy atom. The molecule has 82 valence electrons. The van der Waals surface area contributed by atoms with Gasteiger partial charge >= 0.3 is 0 Å². The average Bonchev–Trinajstić information content (AvgIpc) is 2.88. The van der Waals surface area contributed by atoms with E-state index in [4.69, 9.17) is 28.9 Å². The molecular weight excluding hydrogens is 229 g/mol. The maximum atomic E-state index is 6.22. The lowest BCUT2D eigenvalue weighted by atomic mass is 9.79. The van der Waals surface area contributed by atoms with Crippen molar-refractivity contribution >= 4 is 23.2 Å². The highest BCUT2D eigenvalue weighted by atomic mass is 35.5. The van der Waals surface area contributed by atoms with Crippen molar-refractivity contribution in [2.45, 2.75) is 37.6 Å². The zero-order chi connectivity index (χ0) is 11.3. The Kier molecular flexibility index (Phi) is 2.53. The summed E-state index contributed by atoms with van der Waals surface area (Å²) in [6.45, 7) is 4.14. The van der Waals surface area contributed by atoms with E-state index < -0.39 is 0 Å². The topological polar surface area (TPSA) is 26.0 Å². The Bertz CT molecular complexity index is 389. The van der Waals surface area contributed by atoms with Crippen molar-refractivity contribution in [1.29, 1.82) is 0 Å². The number of halogens is 2. The Hall–Kier alpha value is -0.240. The first-order chi connectivity index (χ1) is 6.87. The molecule has 1 aromatic carbocycles. The summed E-state index contributed by atoms with van der Waals surface area (Å²) in [7, 11) is 0. The summed E-state index contributed by atoms with van der Waals surface area (Å²) in [4.78, 5) is 0. The number of benzene rings is 1. The van der Waals surface area contributed by atoms with Crippen LogP contribution in [0.3, 0.4) is 0 Å². The second-order valence-electron chi connectivity index (χ2n) is 4.93. The molecule has 1 nitrogen and oxygen atoms in total. The van der Waals surface area contributed by atoms with E-state index in [0.717, 1.165) is 12.8 Å². The SMILES string of the molecule is CC(C)(N)C1(c2ccc(Cl)c(Cl)c2)CC1. The van der Waals surface area contributed by atoms with Crippen molar-refractivity contribution in [3.8, 4) is 0 Å². The maximum absolute atomic E-state index is 6.22. The summed E-state index contributed by atoms with van der Waals surface area (Å²) in [5, 5.41) is 1.22. The van der Waals surface area contributed by atoms with Crippen molar-refractivity contribution in [1.82, 2.24) is 0 Å². The van der Waals surface area contributed by atoms with Gasteiger partial charge in [-0.05, 0) is 44.4 Å². The molecule has 3 heteroatoms. The normalized spacial score (nSPS) is 19.0. The third kappa shape index (κ3) is 1.77. The smallest absolute Gasteiger partial charge is 0.0595 e. The lowest BCUT2D eigenvalue weighted by Crippen LogP contribution is -2.45. The second kappa shape index (κ2) is 3.38. The number of rotatable bonds is 2. The van der Waals surface area contributed by atoms with E-state index in [-0.39, 0.29) is 11.0 Å². The van der Waals surface area contributed by atoms with Gasteiger partial charge in [0.2, 0.25) is 0 Å². The first-order valence-electron chi connectivity index (χ1n) is 5.11. The molecule has 0 spiro atoms. The van der Waals surface area contributed by atoms with E-state index in [0.29, 0.717) is 10.0 Å². The van der Waals surface area contributed by atoms with Gasteiger partial charge in [0.25, 0.3) is 0 Å². The van der Waals surface area contributed by atoms with Crippen molar-refractivity contribution in [2.24, 2.45) is 5.73 Å². The van der Waals surface area contributed by atoms with Crippen LogP contribution in [0.25, 0.3) is 0 Å². The minimum Gasteiger partial charge on any atom is -0.325 e. The van der Waals surface area contributed by atoms with Crippen LogP contribution in [0.1, 0.15) is 32.3 Å². The molecule has 0 unspecified atom stereocenters. The van der Waals surface area contributed by atoms with Gasteiger partial charge in [-0.25, -0.2) is 0 Å². The molecule has 0 amide bonds. The molecule has 0 radical (unpaired) electrons. The van der Waals surface area contributed by atoms with E-state index in [1.54, 1.807) is 0 Å². The molecule has 1 fully saturated rings. The van der Waals surface area contributed by atoms with E-state index >= 15 is 0 Å². The lowest BCUT2D eigenvalue weighted by molar-refractivity contribution is 0.391. The highest BCUT2D eigenvalue weighted by molar-refractivity contribution is 6.42. The molecule has 2 rings (SSSR count). The Morgan fingerprint density at radius 1 is 1.20 bits per heavy atom. The average molecular weight is 244 g/mol. The van der Waals surface area contributed by atoms with Gasteiger partial charge in [-0.1, -0.05) is 29.3 Å². The zero-order valence-electron chi connectivity index (χ0n) is 8.98. The van der Waals surface area contributed by atoms with E-state index in [1.165, 1.54) is 5.56 Å². The second-order valence-corrected chi connectivity index (χ2v) is 5.75. The summed E-state index contributed by atoms with van der Waals surface area (Å²) < 4.78 is 0. The minimum absolute atomic E-state index is 0.0984. The third-order valence-electron chi connectivity index (χ3n) is 3.46. The highest BCUT2D eigenvalue weighted by Gasteiger charge is 2.53. The minimum atomic E-state index is -0.204. The molecule has 1 aromatic rings. The van der Waals surface area contributed by atoms with Gasteiger partial charge in [0.05, 0.1) is 10.0 Å². The van der Waals surface area contributed by atoms with Crippen LogP contribution in [0.15, 0.2) is 18.2 Å². The highest BCUT2D eigenvalue weighted by Crippen LogP contribution is 2.55. The summed E-state index contributed by atoms with van der Waals surface area (Å²) in [5.74, 6) is 0. The summed E-state index contributed by atoms with van der Waals surface area (Å²) in [6, 6.07) is 5.84. The summed E-state index contributed by atoms with van der Waals surface area (Å²) >= 11 is 11.9. The van der Waals surface area contributed by atoms with Gasteiger partial charge in [0, 0.05) is 11.0 Å². The molecule has 0 saturated heterocycles. The fraction of sp³-hybridized carbons (Fsp3) is 0.500. The van der Waals surface area contributed by atoms with Crippen LogP contribution in [0.4, 0.5) is 0 Å². The fourth-order valence-corrected chi connectivity index (χ4v) is 2.52. The molecule has 1 aliphatic carbocycles. The summed E-state index contributed by atoms with van der Waals surface area (Å²) in [5.41, 5.74) is 7.33. The van der Waals surface area contributed by atoms with Crippen LogP contribution in [0.5, 0.6) is 0 Å². The Labute approximate surface area is 101 Å². The van der Waals surface area contributed by atoms with Crippen LogP contribution < -0.4 is 5.73 Å². The van der Waals surface area contributed by atoms with Crippen LogP contribution in [-0.4, -0.2) is 5.54 Å². The first kappa shape index (κ1) is 11.3. The molecule has 2 N–H and O–H groups in total. The van der Waals surface area contributed by atoms with Crippen LogP contribution in [-0.2, 0) is 5.41 Å². The molecule has 1 saturated carbocycles. The number of hydrogen-bond donors (Lipinski definition) is 1. The van der Waals surface area contributed by atoms with E-state index in [1.807, 2.05) is 18.2 Å². The maximum Gasteiger partial charge on any atom is 0.0595 e. The van der Waals surface area contributed by atoms with Gasteiger partial charge in [-0.15, -0.1) is 0 Å². The van der Waals surface area contributed by atoms with Gasteiger partial charge in [0.15, 0.2) is 0 Å². The number of hydrogen-bond acceptors (Lipinski definition) is 1. The molecule has 0 aromatic heterocycles. The monoisotopic (exact) mass is 243 g/mol. The van der Waals surface area contributed by atoms with Crippen LogP contribution >= 0.6 is 23.2 Å². The molecule has 0 atom stereocenters. The van der Waals surface area contributed by atoms with Crippen LogP contribution in [0, 0.1) is 0 Å². The van der Waals surface area contributed by atoms with Crippen molar-refractivity contribution in [3.05, 3.63) is 33.8 Å². The van der Waals surface area contributed by atoms with E-state index in [9.17, 15) is 0 Å². The van der Waals surface area contributed by atoms with Crippen molar-refractivity contribution in [3.63, 3.8) is 0 Å².